The number of hydrogen-bond donors (Lipinski definition) is 1. The Hall–Kier alpha value is -0.980. The molecule has 110 valence electrons. The van der Waals surface area contributed by atoms with Crippen molar-refractivity contribution in [3.8, 4) is 0 Å². The highest BCUT2D eigenvalue weighted by Crippen LogP contribution is 2.02. The van der Waals surface area contributed by atoms with Crippen LogP contribution in [0.5, 0.6) is 0 Å². The minimum absolute atomic E-state index is 0.0834. The van der Waals surface area contributed by atoms with E-state index in [0.717, 1.165) is 31.9 Å². The number of aromatic nitrogens is 3. The van der Waals surface area contributed by atoms with Crippen molar-refractivity contribution in [2.24, 2.45) is 0 Å². The number of ether oxygens (including phenoxy) is 2. The van der Waals surface area contributed by atoms with Crippen LogP contribution in [0.3, 0.4) is 0 Å². The van der Waals surface area contributed by atoms with Crippen LogP contribution < -0.4 is 5.32 Å². The van der Waals surface area contributed by atoms with Gasteiger partial charge < -0.3 is 14.8 Å². The summed E-state index contributed by atoms with van der Waals surface area (Å²) in [4.78, 5) is 4.28. The first kappa shape index (κ1) is 16.1. The lowest BCUT2D eigenvalue weighted by Gasteiger charge is -2.20. The van der Waals surface area contributed by atoms with Gasteiger partial charge in [-0.3, -0.25) is 0 Å². The smallest absolute Gasteiger partial charge is 0.140 e. The van der Waals surface area contributed by atoms with E-state index < -0.39 is 0 Å². The van der Waals surface area contributed by atoms with Gasteiger partial charge in [0, 0.05) is 25.8 Å². The zero-order valence-corrected chi connectivity index (χ0v) is 12.5. The van der Waals surface area contributed by atoms with Gasteiger partial charge in [0.1, 0.15) is 12.2 Å². The molecular formula is C13H26N4O2. The molecule has 0 aliphatic heterocycles. The third-order valence-corrected chi connectivity index (χ3v) is 2.56. The summed E-state index contributed by atoms with van der Waals surface area (Å²) < 4.78 is 12.3. The van der Waals surface area contributed by atoms with Crippen molar-refractivity contribution in [2.75, 3.05) is 26.9 Å². The minimum Gasteiger partial charge on any atom is -0.382 e. The summed E-state index contributed by atoms with van der Waals surface area (Å²) in [6.45, 7) is 9.97. The van der Waals surface area contributed by atoms with E-state index in [9.17, 15) is 0 Å². The van der Waals surface area contributed by atoms with Crippen molar-refractivity contribution in [2.45, 2.75) is 45.8 Å². The lowest BCUT2D eigenvalue weighted by molar-refractivity contribution is 0.0676. The van der Waals surface area contributed by atoms with Crippen LogP contribution in [0.1, 0.15) is 33.0 Å². The zero-order chi connectivity index (χ0) is 14.1. The van der Waals surface area contributed by atoms with Crippen molar-refractivity contribution in [3.63, 3.8) is 0 Å². The van der Waals surface area contributed by atoms with E-state index in [-0.39, 0.29) is 5.54 Å². The van der Waals surface area contributed by atoms with Gasteiger partial charge in [0.05, 0.1) is 19.8 Å². The van der Waals surface area contributed by atoms with E-state index in [2.05, 4.69) is 36.2 Å². The summed E-state index contributed by atoms with van der Waals surface area (Å²) >= 11 is 0. The molecule has 1 N–H and O–H groups in total. The Kier molecular flexibility index (Phi) is 6.97. The second-order valence-corrected chi connectivity index (χ2v) is 5.46. The maximum absolute atomic E-state index is 5.42. The molecule has 0 saturated carbocycles. The van der Waals surface area contributed by atoms with Gasteiger partial charge in [-0.15, -0.1) is 0 Å². The maximum Gasteiger partial charge on any atom is 0.140 e. The first-order valence-corrected chi connectivity index (χ1v) is 6.71. The van der Waals surface area contributed by atoms with E-state index in [1.165, 1.54) is 0 Å². The molecule has 0 spiro atoms. The average Bonchev–Trinajstić information content (AvgIpc) is 2.78. The topological polar surface area (TPSA) is 61.2 Å². The summed E-state index contributed by atoms with van der Waals surface area (Å²) in [5.74, 6) is 0.965. The number of nitrogens with zero attached hydrogens (tertiary/aromatic N) is 3. The number of methoxy groups -OCH3 is 1. The van der Waals surface area contributed by atoms with Crippen LogP contribution in [-0.2, 0) is 22.6 Å². The van der Waals surface area contributed by atoms with E-state index in [1.807, 2.05) is 4.68 Å². The molecule has 0 saturated heterocycles. The quantitative estimate of drug-likeness (QED) is 0.684. The molecule has 6 nitrogen and oxygen atoms in total. The Morgan fingerprint density at radius 1 is 1.26 bits per heavy atom. The molecule has 0 unspecified atom stereocenters. The first-order valence-electron chi connectivity index (χ1n) is 6.71. The maximum atomic E-state index is 5.42. The Labute approximate surface area is 115 Å². The summed E-state index contributed by atoms with van der Waals surface area (Å²) in [6.07, 6.45) is 2.53. The second-order valence-electron chi connectivity index (χ2n) is 5.46. The van der Waals surface area contributed by atoms with Crippen LogP contribution in [0.25, 0.3) is 0 Å². The predicted molar refractivity (Wildman–Crippen MR) is 73.9 cm³/mol. The molecule has 0 radical (unpaired) electrons. The first-order chi connectivity index (χ1) is 9.03. The van der Waals surface area contributed by atoms with Gasteiger partial charge in [-0.2, -0.15) is 5.10 Å². The van der Waals surface area contributed by atoms with Crippen LogP contribution >= 0.6 is 0 Å². The molecule has 1 aromatic heterocycles. The summed E-state index contributed by atoms with van der Waals surface area (Å²) in [5, 5.41) is 7.65. The van der Waals surface area contributed by atoms with Gasteiger partial charge in [0.15, 0.2) is 0 Å². The number of aryl methyl sites for hydroxylation is 1. The SMILES string of the molecule is COCCOCCCn1ncnc1CNC(C)(C)C. The van der Waals surface area contributed by atoms with E-state index >= 15 is 0 Å². The molecule has 0 bridgehead atoms. The number of rotatable bonds is 9. The molecule has 1 aromatic rings. The molecular weight excluding hydrogens is 244 g/mol. The highest BCUT2D eigenvalue weighted by Gasteiger charge is 2.11. The van der Waals surface area contributed by atoms with Gasteiger partial charge in [-0.05, 0) is 27.2 Å². The summed E-state index contributed by atoms with van der Waals surface area (Å²) in [6, 6.07) is 0. The Bertz CT molecular complexity index is 347. The Morgan fingerprint density at radius 2 is 2.05 bits per heavy atom. The fourth-order valence-corrected chi connectivity index (χ4v) is 1.52. The van der Waals surface area contributed by atoms with E-state index in [1.54, 1.807) is 13.4 Å². The van der Waals surface area contributed by atoms with Crippen molar-refractivity contribution in [3.05, 3.63) is 12.2 Å². The molecule has 0 fully saturated rings. The number of nitrogens with one attached hydrogen (secondary N) is 1. The minimum atomic E-state index is 0.0834. The molecule has 0 amide bonds. The molecule has 1 heterocycles. The fraction of sp³-hybridized carbons (Fsp3) is 0.846. The predicted octanol–water partition coefficient (Wildman–Crippen LogP) is 1.22. The lowest BCUT2D eigenvalue weighted by atomic mass is 10.1. The average molecular weight is 270 g/mol. The van der Waals surface area contributed by atoms with Gasteiger partial charge in [0.2, 0.25) is 0 Å². The van der Waals surface area contributed by atoms with Crippen LogP contribution in [0.4, 0.5) is 0 Å². The monoisotopic (exact) mass is 270 g/mol. The molecule has 19 heavy (non-hydrogen) atoms. The van der Waals surface area contributed by atoms with E-state index in [4.69, 9.17) is 9.47 Å². The van der Waals surface area contributed by atoms with Gasteiger partial charge in [-0.25, -0.2) is 9.67 Å². The summed E-state index contributed by atoms with van der Waals surface area (Å²) in [7, 11) is 1.67. The molecule has 6 heteroatoms. The molecule has 0 aliphatic carbocycles. The molecule has 0 atom stereocenters. The third-order valence-electron chi connectivity index (χ3n) is 2.56. The van der Waals surface area contributed by atoms with Gasteiger partial charge in [0.25, 0.3) is 0 Å². The lowest BCUT2D eigenvalue weighted by Crippen LogP contribution is -2.36. The van der Waals surface area contributed by atoms with Gasteiger partial charge >= 0.3 is 0 Å². The van der Waals surface area contributed by atoms with Crippen molar-refractivity contribution in [1.29, 1.82) is 0 Å². The largest absolute Gasteiger partial charge is 0.382 e. The van der Waals surface area contributed by atoms with Crippen LogP contribution in [0.2, 0.25) is 0 Å². The highest BCUT2D eigenvalue weighted by atomic mass is 16.5. The third kappa shape index (κ3) is 7.25. The second kappa shape index (κ2) is 8.24. The standard InChI is InChI=1S/C13H26N4O2/c1-13(2,3)15-10-12-14-11-16-17(12)6-5-7-19-9-8-18-4/h11,15H,5-10H2,1-4H3. The van der Waals surface area contributed by atoms with Crippen molar-refractivity contribution in [1.82, 2.24) is 20.1 Å². The van der Waals surface area contributed by atoms with Crippen LogP contribution in [-0.4, -0.2) is 47.2 Å². The zero-order valence-electron chi connectivity index (χ0n) is 12.5. The van der Waals surface area contributed by atoms with Gasteiger partial charge in [-0.1, -0.05) is 0 Å². The van der Waals surface area contributed by atoms with Crippen LogP contribution in [0, 0.1) is 0 Å². The molecule has 1 rings (SSSR count). The van der Waals surface area contributed by atoms with Crippen molar-refractivity contribution < 1.29 is 9.47 Å². The normalized spacial score (nSPS) is 12.0. The fourth-order valence-electron chi connectivity index (χ4n) is 1.52. The number of hydrogen-bond acceptors (Lipinski definition) is 5. The molecule has 0 aromatic carbocycles. The van der Waals surface area contributed by atoms with Crippen LogP contribution in [0.15, 0.2) is 6.33 Å². The van der Waals surface area contributed by atoms with Crippen molar-refractivity contribution >= 4 is 0 Å². The summed E-state index contributed by atoms with van der Waals surface area (Å²) in [5.41, 5.74) is 0.0834. The molecule has 0 aliphatic rings. The Morgan fingerprint density at radius 3 is 2.74 bits per heavy atom. The highest BCUT2D eigenvalue weighted by molar-refractivity contribution is 4.86. The van der Waals surface area contributed by atoms with E-state index in [0.29, 0.717) is 13.2 Å². The Balaban J connectivity index is 2.25.